The Bertz CT molecular complexity index is 107. The zero-order valence-electron chi connectivity index (χ0n) is 8.32. The topological polar surface area (TPSA) is 43.7 Å². The van der Waals surface area contributed by atoms with Gasteiger partial charge in [-0.2, -0.15) is 0 Å². The summed E-state index contributed by atoms with van der Waals surface area (Å²) in [7, 11) is 0. The molecule has 0 aromatic rings. The van der Waals surface area contributed by atoms with E-state index in [1.807, 2.05) is 6.92 Å². The Labute approximate surface area is 75.0 Å². The molecule has 74 valence electrons. The van der Waals surface area contributed by atoms with Gasteiger partial charge in [0.1, 0.15) is 0 Å². The third kappa shape index (κ3) is 3.52. The molecule has 0 rings (SSSR count). The highest BCUT2D eigenvalue weighted by atomic mass is 16.5. The second-order valence-electron chi connectivity index (χ2n) is 3.03. The summed E-state index contributed by atoms with van der Waals surface area (Å²) >= 11 is 0. The number of nitrogens with zero attached hydrogens (tertiary/aromatic N) is 1. The van der Waals surface area contributed by atoms with Crippen LogP contribution in [-0.4, -0.2) is 34.1 Å². The van der Waals surface area contributed by atoms with Crippen LogP contribution in [0.25, 0.3) is 0 Å². The van der Waals surface area contributed by atoms with E-state index in [0.29, 0.717) is 12.6 Å². The van der Waals surface area contributed by atoms with Gasteiger partial charge >= 0.3 is 0 Å². The van der Waals surface area contributed by atoms with E-state index in [1.54, 1.807) is 4.90 Å². The first kappa shape index (κ1) is 11.9. The van der Waals surface area contributed by atoms with Crippen molar-refractivity contribution in [1.82, 2.24) is 4.90 Å². The molecule has 0 amide bonds. The van der Waals surface area contributed by atoms with Gasteiger partial charge in [-0.1, -0.05) is 27.2 Å². The molecule has 0 bridgehead atoms. The molecule has 0 radical (unpaired) electrons. The SMILES string of the molecule is CCCC(CC)N(CC)C(O)O. The van der Waals surface area contributed by atoms with Crippen molar-refractivity contribution in [2.75, 3.05) is 6.54 Å². The van der Waals surface area contributed by atoms with Crippen molar-refractivity contribution in [2.24, 2.45) is 0 Å². The molecular formula is C9H21NO2. The number of hydrogen-bond acceptors (Lipinski definition) is 3. The summed E-state index contributed by atoms with van der Waals surface area (Å²) in [5.41, 5.74) is 0. The van der Waals surface area contributed by atoms with Crippen LogP contribution < -0.4 is 0 Å². The van der Waals surface area contributed by atoms with Gasteiger partial charge < -0.3 is 10.2 Å². The summed E-state index contributed by atoms with van der Waals surface area (Å²) in [6, 6.07) is 0.306. The summed E-state index contributed by atoms with van der Waals surface area (Å²) < 4.78 is 0. The fourth-order valence-electron chi connectivity index (χ4n) is 1.55. The average Bonchev–Trinajstić information content (AvgIpc) is 2.03. The van der Waals surface area contributed by atoms with E-state index in [9.17, 15) is 0 Å². The van der Waals surface area contributed by atoms with Crippen LogP contribution in [0.15, 0.2) is 0 Å². The van der Waals surface area contributed by atoms with Crippen LogP contribution in [-0.2, 0) is 0 Å². The molecule has 3 nitrogen and oxygen atoms in total. The van der Waals surface area contributed by atoms with Gasteiger partial charge in [0.05, 0.1) is 0 Å². The highest BCUT2D eigenvalue weighted by Gasteiger charge is 2.18. The molecule has 0 fully saturated rings. The molecule has 0 heterocycles. The number of rotatable bonds is 6. The maximum absolute atomic E-state index is 9.02. The second-order valence-corrected chi connectivity index (χ2v) is 3.03. The van der Waals surface area contributed by atoms with Crippen LogP contribution in [0.2, 0.25) is 0 Å². The van der Waals surface area contributed by atoms with Crippen molar-refractivity contribution in [3.63, 3.8) is 0 Å². The highest BCUT2D eigenvalue weighted by molar-refractivity contribution is 4.67. The molecule has 1 atom stereocenters. The van der Waals surface area contributed by atoms with Gasteiger partial charge in [-0.25, -0.2) is 0 Å². The highest BCUT2D eigenvalue weighted by Crippen LogP contribution is 2.11. The molecular weight excluding hydrogens is 154 g/mol. The van der Waals surface area contributed by atoms with E-state index in [-0.39, 0.29) is 0 Å². The zero-order valence-corrected chi connectivity index (χ0v) is 8.32. The van der Waals surface area contributed by atoms with Gasteiger partial charge in [0, 0.05) is 12.6 Å². The fourth-order valence-corrected chi connectivity index (χ4v) is 1.55. The van der Waals surface area contributed by atoms with E-state index >= 15 is 0 Å². The largest absolute Gasteiger partial charge is 0.356 e. The average molecular weight is 175 g/mol. The van der Waals surface area contributed by atoms with Crippen LogP contribution in [0.1, 0.15) is 40.0 Å². The maximum atomic E-state index is 9.02. The van der Waals surface area contributed by atoms with Gasteiger partial charge in [0.2, 0.25) is 6.41 Å². The molecule has 0 aromatic carbocycles. The first-order valence-electron chi connectivity index (χ1n) is 4.79. The molecule has 0 saturated heterocycles. The molecule has 0 aromatic heterocycles. The summed E-state index contributed by atoms with van der Waals surface area (Å²) in [4.78, 5) is 1.71. The first-order valence-corrected chi connectivity index (χ1v) is 4.79. The zero-order chi connectivity index (χ0) is 9.56. The first-order chi connectivity index (χ1) is 5.67. The van der Waals surface area contributed by atoms with Crippen molar-refractivity contribution in [2.45, 2.75) is 52.5 Å². The predicted molar refractivity (Wildman–Crippen MR) is 49.6 cm³/mol. The molecule has 0 aliphatic rings. The van der Waals surface area contributed by atoms with Crippen molar-refractivity contribution in [1.29, 1.82) is 0 Å². The lowest BCUT2D eigenvalue weighted by Crippen LogP contribution is -2.42. The Hall–Kier alpha value is -0.120. The van der Waals surface area contributed by atoms with Crippen molar-refractivity contribution < 1.29 is 10.2 Å². The van der Waals surface area contributed by atoms with Gasteiger partial charge in [-0.05, 0) is 12.8 Å². The van der Waals surface area contributed by atoms with Gasteiger partial charge in [0.25, 0.3) is 0 Å². The Morgan fingerprint density at radius 1 is 1.17 bits per heavy atom. The summed E-state index contributed by atoms with van der Waals surface area (Å²) in [6.45, 7) is 6.82. The second kappa shape index (κ2) is 6.40. The quantitative estimate of drug-likeness (QED) is 0.595. The van der Waals surface area contributed by atoms with Crippen LogP contribution in [0.3, 0.4) is 0 Å². The smallest absolute Gasteiger partial charge is 0.213 e. The molecule has 0 saturated carbocycles. The van der Waals surface area contributed by atoms with E-state index < -0.39 is 6.41 Å². The van der Waals surface area contributed by atoms with Crippen molar-refractivity contribution in [3.05, 3.63) is 0 Å². The Balaban J connectivity index is 4.02. The standard InChI is InChI=1S/C9H21NO2/c1-4-7-8(5-2)10(6-3)9(11)12/h8-9,11-12H,4-7H2,1-3H3. The van der Waals surface area contributed by atoms with Crippen molar-refractivity contribution in [3.8, 4) is 0 Å². The number of hydrogen-bond donors (Lipinski definition) is 2. The van der Waals surface area contributed by atoms with Crippen molar-refractivity contribution >= 4 is 0 Å². The Kier molecular flexibility index (Phi) is 6.34. The normalized spacial score (nSPS) is 14.2. The van der Waals surface area contributed by atoms with E-state index in [4.69, 9.17) is 10.2 Å². The van der Waals surface area contributed by atoms with Gasteiger partial charge in [0.15, 0.2) is 0 Å². The minimum Gasteiger partial charge on any atom is -0.356 e. The molecule has 2 N–H and O–H groups in total. The maximum Gasteiger partial charge on any atom is 0.213 e. The molecule has 3 heteroatoms. The van der Waals surface area contributed by atoms with E-state index in [0.717, 1.165) is 19.3 Å². The number of aliphatic hydroxyl groups is 2. The minimum atomic E-state index is -1.30. The lowest BCUT2D eigenvalue weighted by atomic mass is 10.1. The third-order valence-corrected chi connectivity index (χ3v) is 2.22. The summed E-state index contributed by atoms with van der Waals surface area (Å²) in [5.74, 6) is 0. The predicted octanol–water partition coefficient (Wildman–Crippen LogP) is 1.16. The molecule has 0 aliphatic heterocycles. The van der Waals surface area contributed by atoms with Crippen LogP contribution >= 0.6 is 0 Å². The van der Waals surface area contributed by atoms with Crippen LogP contribution in [0, 0.1) is 0 Å². The monoisotopic (exact) mass is 175 g/mol. The minimum absolute atomic E-state index is 0.306. The van der Waals surface area contributed by atoms with E-state index in [1.165, 1.54) is 0 Å². The molecule has 1 unspecified atom stereocenters. The van der Waals surface area contributed by atoms with Crippen LogP contribution in [0.4, 0.5) is 0 Å². The molecule has 0 spiro atoms. The van der Waals surface area contributed by atoms with E-state index in [2.05, 4.69) is 13.8 Å². The van der Waals surface area contributed by atoms with Crippen LogP contribution in [0.5, 0.6) is 0 Å². The summed E-state index contributed by atoms with van der Waals surface area (Å²) in [6.07, 6.45) is 1.79. The molecule has 0 aliphatic carbocycles. The Morgan fingerprint density at radius 2 is 1.75 bits per heavy atom. The lowest BCUT2D eigenvalue weighted by molar-refractivity contribution is -0.169. The van der Waals surface area contributed by atoms with Gasteiger partial charge in [-0.15, -0.1) is 0 Å². The Morgan fingerprint density at radius 3 is 2.00 bits per heavy atom. The lowest BCUT2D eigenvalue weighted by Gasteiger charge is -2.30. The van der Waals surface area contributed by atoms with Gasteiger partial charge in [-0.3, -0.25) is 4.90 Å². The fraction of sp³-hybridized carbons (Fsp3) is 1.00. The number of aliphatic hydroxyl groups excluding tert-OH is 1. The summed E-state index contributed by atoms with van der Waals surface area (Å²) in [5, 5.41) is 18.0. The third-order valence-electron chi connectivity index (χ3n) is 2.22. The molecule has 12 heavy (non-hydrogen) atoms.